The minimum Gasteiger partial charge on any atom is -0.505 e. The molecular weight excluding hydrogens is 280 g/mol. The number of anilines is 1. The third-order valence-electron chi connectivity index (χ3n) is 3.32. The summed E-state index contributed by atoms with van der Waals surface area (Å²) in [5.41, 5.74) is 2.96. The average Bonchev–Trinajstić information content (AvgIpc) is 2.74. The maximum atomic E-state index is 11.8. The van der Waals surface area contributed by atoms with E-state index >= 15 is 0 Å². The molecule has 2 rings (SSSR count). The molecule has 1 aromatic carbocycles. The van der Waals surface area contributed by atoms with Crippen molar-refractivity contribution in [2.24, 2.45) is 4.99 Å². The summed E-state index contributed by atoms with van der Waals surface area (Å²) in [5, 5.41) is 10.2. The summed E-state index contributed by atoms with van der Waals surface area (Å²) in [6.45, 7) is 3.66. The van der Waals surface area contributed by atoms with E-state index in [0.717, 1.165) is 11.3 Å². The zero-order chi connectivity index (χ0) is 16.3. The van der Waals surface area contributed by atoms with E-state index in [-0.39, 0.29) is 17.9 Å². The van der Waals surface area contributed by atoms with Crippen molar-refractivity contribution in [3.8, 4) is 0 Å². The van der Waals surface area contributed by atoms with Gasteiger partial charge in [0.1, 0.15) is 11.3 Å². The molecule has 0 radical (unpaired) electrons. The van der Waals surface area contributed by atoms with Crippen molar-refractivity contribution in [3.05, 3.63) is 46.9 Å². The molecule has 0 fully saturated rings. The smallest absolute Gasteiger partial charge is 0.343 e. The van der Waals surface area contributed by atoms with Crippen LogP contribution in [0, 0.1) is 0 Å². The molecule has 22 heavy (non-hydrogen) atoms. The predicted octanol–water partition coefficient (Wildman–Crippen LogP) is 2.94. The molecule has 5 nitrogen and oxygen atoms in total. The Kier molecular flexibility index (Phi) is 4.65. The highest BCUT2D eigenvalue weighted by Crippen LogP contribution is 2.26. The number of carbonyl (C=O) groups is 1. The summed E-state index contributed by atoms with van der Waals surface area (Å²) in [6.07, 6.45) is 1.74. The zero-order valence-corrected chi connectivity index (χ0v) is 13.3. The number of benzene rings is 1. The Morgan fingerprint density at radius 3 is 2.50 bits per heavy atom. The predicted molar refractivity (Wildman–Crippen MR) is 88.1 cm³/mol. The minimum atomic E-state index is -0.549. The van der Waals surface area contributed by atoms with Crippen LogP contribution in [0.2, 0.25) is 0 Å². The second kappa shape index (κ2) is 6.47. The van der Waals surface area contributed by atoms with Gasteiger partial charge in [-0.1, -0.05) is 12.1 Å². The number of hydrogen-bond acceptors (Lipinski definition) is 5. The highest BCUT2D eigenvalue weighted by Gasteiger charge is 2.27. The molecule has 0 bridgehead atoms. The van der Waals surface area contributed by atoms with E-state index < -0.39 is 5.97 Å². The number of rotatable bonds is 4. The van der Waals surface area contributed by atoms with Gasteiger partial charge in [0.2, 0.25) is 0 Å². The Bertz CT molecular complexity index is 668. The number of ether oxygens (including phenoxy) is 1. The molecule has 0 amide bonds. The van der Waals surface area contributed by atoms with Crippen molar-refractivity contribution in [2.45, 2.75) is 13.8 Å². The van der Waals surface area contributed by atoms with Gasteiger partial charge in [0.25, 0.3) is 0 Å². The first-order valence-corrected chi connectivity index (χ1v) is 7.09. The fourth-order valence-corrected chi connectivity index (χ4v) is 2.16. The summed E-state index contributed by atoms with van der Waals surface area (Å²) in [7, 11) is 3.94. The molecule has 0 unspecified atom stereocenters. The van der Waals surface area contributed by atoms with E-state index in [4.69, 9.17) is 4.74 Å². The lowest BCUT2D eigenvalue weighted by Gasteiger charge is -2.11. The van der Waals surface area contributed by atoms with Crippen LogP contribution in [0.5, 0.6) is 0 Å². The lowest BCUT2D eigenvalue weighted by molar-refractivity contribution is -0.138. The second-order valence-corrected chi connectivity index (χ2v) is 5.16. The van der Waals surface area contributed by atoms with Crippen LogP contribution in [0.4, 0.5) is 5.69 Å². The largest absolute Gasteiger partial charge is 0.505 e. The molecule has 0 saturated heterocycles. The van der Waals surface area contributed by atoms with Gasteiger partial charge in [-0.15, -0.1) is 0 Å². The van der Waals surface area contributed by atoms with Crippen LogP contribution in [0.1, 0.15) is 19.4 Å². The Morgan fingerprint density at radius 2 is 1.95 bits per heavy atom. The SMILES string of the molecule is CCOC(=O)C1=C(O)/C(=C/c2ccc(N(C)C)cc2)N=C1C. The molecule has 0 aromatic heterocycles. The standard InChI is InChI=1S/C17H20N2O3/c1-5-22-17(21)15-11(2)18-14(16(15)20)10-12-6-8-13(9-7-12)19(3)4/h6-10,20H,5H2,1-4H3/b14-10-. The molecule has 0 saturated carbocycles. The molecule has 1 heterocycles. The normalized spacial score (nSPS) is 16.0. The summed E-state index contributed by atoms with van der Waals surface area (Å²) in [6, 6.07) is 7.82. The molecule has 1 aliphatic rings. The molecule has 1 N–H and O–H groups in total. The van der Waals surface area contributed by atoms with Crippen LogP contribution in [0.15, 0.2) is 46.3 Å². The van der Waals surface area contributed by atoms with Gasteiger partial charge >= 0.3 is 5.97 Å². The Morgan fingerprint density at radius 1 is 1.32 bits per heavy atom. The summed E-state index contributed by atoms with van der Waals surface area (Å²) >= 11 is 0. The third-order valence-corrected chi connectivity index (χ3v) is 3.32. The van der Waals surface area contributed by atoms with Crippen molar-refractivity contribution >= 4 is 23.4 Å². The van der Waals surface area contributed by atoms with Crippen molar-refractivity contribution in [1.29, 1.82) is 0 Å². The van der Waals surface area contributed by atoms with Gasteiger partial charge in [-0.2, -0.15) is 0 Å². The van der Waals surface area contributed by atoms with Gasteiger partial charge in [0.05, 0.1) is 12.3 Å². The van der Waals surface area contributed by atoms with Crippen LogP contribution >= 0.6 is 0 Å². The van der Waals surface area contributed by atoms with Crippen LogP contribution in [0.3, 0.4) is 0 Å². The lowest BCUT2D eigenvalue weighted by Crippen LogP contribution is -2.13. The van der Waals surface area contributed by atoms with Crippen LogP contribution in [-0.2, 0) is 9.53 Å². The van der Waals surface area contributed by atoms with Crippen molar-refractivity contribution in [2.75, 3.05) is 25.6 Å². The highest BCUT2D eigenvalue weighted by atomic mass is 16.5. The van der Waals surface area contributed by atoms with E-state index in [0.29, 0.717) is 11.4 Å². The van der Waals surface area contributed by atoms with Gasteiger partial charge in [0.15, 0.2) is 5.76 Å². The Labute approximate surface area is 130 Å². The molecule has 5 heteroatoms. The lowest BCUT2D eigenvalue weighted by atomic mass is 10.1. The highest BCUT2D eigenvalue weighted by molar-refractivity contribution is 6.22. The number of aliphatic hydroxyl groups is 1. The number of nitrogens with zero attached hydrogens (tertiary/aromatic N) is 2. The van der Waals surface area contributed by atoms with Gasteiger partial charge in [0, 0.05) is 19.8 Å². The zero-order valence-electron chi connectivity index (χ0n) is 13.3. The van der Waals surface area contributed by atoms with E-state index in [1.54, 1.807) is 19.9 Å². The number of aliphatic hydroxyl groups excluding tert-OH is 1. The monoisotopic (exact) mass is 300 g/mol. The fourth-order valence-electron chi connectivity index (χ4n) is 2.16. The summed E-state index contributed by atoms with van der Waals surface area (Å²) in [4.78, 5) is 18.1. The maximum absolute atomic E-state index is 11.8. The summed E-state index contributed by atoms with van der Waals surface area (Å²) < 4.78 is 4.94. The number of hydrogen-bond donors (Lipinski definition) is 1. The molecule has 116 valence electrons. The van der Waals surface area contributed by atoms with Gasteiger partial charge < -0.3 is 14.7 Å². The maximum Gasteiger partial charge on any atom is 0.343 e. The van der Waals surface area contributed by atoms with Gasteiger partial charge in [-0.25, -0.2) is 9.79 Å². The second-order valence-electron chi connectivity index (χ2n) is 5.16. The number of aliphatic imine (C=N–C) groups is 1. The Balaban J connectivity index is 2.31. The average molecular weight is 300 g/mol. The molecule has 0 spiro atoms. The fraction of sp³-hybridized carbons (Fsp3) is 0.294. The van der Waals surface area contributed by atoms with Crippen LogP contribution in [0.25, 0.3) is 6.08 Å². The van der Waals surface area contributed by atoms with Crippen molar-refractivity contribution in [3.63, 3.8) is 0 Å². The van der Waals surface area contributed by atoms with Gasteiger partial charge in [-0.05, 0) is 37.6 Å². The first-order valence-electron chi connectivity index (χ1n) is 7.09. The van der Waals surface area contributed by atoms with Crippen molar-refractivity contribution in [1.82, 2.24) is 0 Å². The third kappa shape index (κ3) is 3.19. The number of esters is 1. The quantitative estimate of drug-likeness (QED) is 0.868. The van der Waals surface area contributed by atoms with Gasteiger partial charge in [-0.3, -0.25) is 0 Å². The first-order chi connectivity index (χ1) is 10.4. The van der Waals surface area contributed by atoms with Crippen molar-refractivity contribution < 1.29 is 14.6 Å². The van der Waals surface area contributed by atoms with E-state index in [1.807, 2.05) is 43.3 Å². The molecular formula is C17H20N2O3. The number of carbonyl (C=O) groups excluding carboxylic acids is 1. The van der Waals surface area contributed by atoms with Crippen LogP contribution < -0.4 is 4.90 Å². The molecule has 0 aliphatic carbocycles. The molecule has 1 aliphatic heterocycles. The molecule has 1 aromatic rings. The first kappa shape index (κ1) is 15.8. The minimum absolute atomic E-state index is 0.132. The topological polar surface area (TPSA) is 62.1 Å². The van der Waals surface area contributed by atoms with E-state index in [1.165, 1.54) is 0 Å². The van der Waals surface area contributed by atoms with E-state index in [9.17, 15) is 9.90 Å². The summed E-state index contributed by atoms with van der Waals surface area (Å²) in [5.74, 6) is -0.680. The Hall–Kier alpha value is -2.56. The molecule has 0 atom stereocenters. The van der Waals surface area contributed by atoms with Crippen LogP contribution in [-0.4, -0.2) is 37.5 Å². The van der Waals surface area contributed by atoms with E-state index in [2.05, 4.69) is 4.99 Å².